The largest absolute Gasteiger partial charge is 0.392 e. The zero-order chi connectivity index (χ0) is 14.7. The van der Waals surface area contributed by atoms with Gasteiger partial charge in [-0.1, -0.05) is 13.8 Å². The number of aliphatic hydroxyl groups excluding tert-OH is 1. The molecule has 0 aromatic carbocycles. The van der Waals surface area contributed by atoms with Gasteiger partial charge in [0.1, 0.15) is 5.82 Å². The highest BCUT2D eigenvalue weighted by Crippen LogP contribution is 2.21. The molecule has 0 aliphatic carbocycles. The van der Waals surface area contributed by atoms with Gasteiger partial charge in [-0.05, 0) is 37.5 Å². The molecule has 112 valence electrons. The Bertz CT molecular complexity index is 437. The fourth-order valence-corrected chi connectivity index (χ4v) is 2.61. The van der Waals surface area contributed by atoms with Crippen LogP contribution in [0, 0.1) is 0 Å². The SMILES string of the molecule is CC(C)c1cc(CO)cc(N2CCN(C(C)C)CC2)n1. The molecule has 0 unspecified atom stereocenters. The van der Waals surface area contributed by atoms with E-state index in [9.17, 15) is 5.11 Å². The fourth-order valence-electron chi connectivity index (χ4n) is 2.61. The molecule has 0 atom stereocenters. The summed E-state index contributed by atoms with van der Waals surface area (Å²) < 4.78 is 0. The number of aliphatic hydroxyl groups is 1. The Morgan fingerprint density at radius 3 is 2.25 bits per heavy atom. The molecule has 2 heterocycles. The van der Waals surface area contributed by atoms with E-state index in [0.717, 1.165) is 43.3 Å². The van der Waals surface area contributed by atoms with Gasteiger partial charge in [0, 0.05) is 37.9 Å². The summed E-state index contributed by atoms with van der Waals surface area (Å²) in [6.07, 6.45) is 0. The van der Waals surface area contributed by atoms with Crippen LogP contribution in [0.2, 0.25) is 0 Å². The third-order valence-corrected chi connectivity index (χ3v) is 4.03. The lowest BCUT2D eigenvalue weighted by molar-refractivity contribution is 0.209. The maximum absolute atomic E-state index is 9.43. The average Bonchev–Trinajstić information content (AvgIpc) is 2.46. The quantitative estimate of drug-likeness (QED) is 0.916. The Hall–Kier alpha value is -1.13. The monoisotopic (exact) mass is 277 g/mol. The molecule has 0 spiro atoms. The van der Waals surface area contributed by atoms with Gasteiger partial charge < -0.3 is 10.0 Å². The predicted molar refractivity (Wildman–Crippen MR) is 83.2 cm³/mol. The summed E-state index contributed by atoms with van der Waals surface area (Å²) in [6.45, 7) is 13.1. The molecule has 0 saturated carbocycles. The van der Waals surface area contributed by atoms with Crippen LogP contribution in [0.1, 0.15) is 44.9 Å². The van der Waals surface area contributed by atoms with E-state index in [-0.39, 0.29) is 6.61 Å². The maximum atomic E-state index is 9.43. The second-order valence-electron chi connectivity index (χ2n) is 6.19. The number of rotatable bonds is 4. The molecular formula is C16H27N3O. The van der Waals surface area contributed by atoms with Gasteiger partial charge in [0.2, 0.25) is 0 Å². The minimum atomic E-state index is 0.0845. The van der Waals surface area contributed by atoms with Crippen molar-refractivity contribution in [3.05, 3.63) is 23.4 Å². The number of hydrogen-bond donors (Lipinski definition) is 1. The van der Waals surface area contributed by atoms with Crippen LogP contribution >= 0.6 is 0 Å². The topological polar surface area (TPSA) is 39.6 Å². The van der Waals surface area contributed by atoms with Crippen molar-refractivity contribution >= 4 is 5.82 Å². The van der Waals surface area contributed by atoms with Crippen LogP contribution in [0.5, 0.6) is 0 Å². The van der Waals surface area contributed by atoms with Crippen molar-refractivity contribution in [1.29, 1.82) is 0 Å². The first kappa shape index (κ1) is 15.3. The molecule has 2 rings (SSSR count). The van der Waals surface area contributed by atoms with E-state index in [1.807, 2.05) is 12.1 Å². The second kappa shape index (κ2) is 6.55. The Labute approximate surface area is 122 Å². The molecule has 1 aromatic rings. The summed E-state index contributed by atoms with van der Waals surface area (Å²) in [5.41, 5.74) is 2.03. The van der Waals surface area contributed by atoms with Crippen molar-refractivity contribution in [2.24, 2.45) is 0 Å². The first-order valence-corrected chi connectivity index (χ1v) is 7.62. The predicted octanol–water partition coefficient (Wildman–Crippen LogP) is 2.23. The molecular weight excluding hydrogens is 250 g/mol. The fraction of sp³-hybridized carbons (Fsp3) is 0.688. The van der Waals surface area contributed by atoms with Crippen molar-refractivity contribution in [3.8, 4) is 0 Å². The Kier molecular flexibility index (Phi) is 5.00. The van der Waals surface area contributed by atoms with Crippen molar-refractivity contribution in [1.82, 2.24) is 9.88 Å². The molecule has 0 amide bonds. The zero-order valence-corrected chi connectivity index (χ0v) is 13.1. The molecule has 4 nitrogen and oxygen atoms in total. The Morgan fingerprint density at radius 1 is 1.10 bits per heavy atom. The molecule has 4 heteroatoms. The summed E-state index contributed by atoms with van der Waals surface area (Å²) in [5, 5.41) is 9.43. The first-order valence-electron chi connectivity index (χ1n) is 7.62. The average molecular weight is 277 g/mol. The number of nitrogens with zero attached hydrogens (tertiary/aromatic N) is 3. The van der Waals surface area contributed by atoms with Crippen LogP contribution in [-0.4, -0.2) is 47.2 Å². The van der Waals surface area contributed by atoms with Crippen LogP contribution in [0.15, 0.2) is 12.1 Å². The van der Waals surface area contributed by atoms with Gasteiger partial charge in [-0.3, -0.25) is 4.90 Å². The van der Waals surface area contributed by atoms with Gasteiger partial charge in [0.25, 0.3) is 0 Å². The van der Waals surface area contributed by atoms with E-state index in [2.05, 4.69) is 37.5 Å². The molecule has 1 N–H and O–H groups in total. The molecule has 1 aromatic heterocycles. The Morgan fingerprint density at radius 2 is 1.75 bits per heavy atom. The third-order valence-electron chi connectivity index (χ3n) is 4.03. The smallest absolute Gasteiger partial charge is 0.129 e. The van der Waals surface area contributed by atoms with E-state index in [1.165, 1.54) is 0 Å². The summed E-state index contributed by atoms with van der Waals surface area (Å²) in [5.74, 6) is 1.40. The van der Waals surface area contributed by atoms with E-state index in [4.69, 9.17) is 4.98 Å². The molecule has 1 aliphatic rings. The molecule has 0 radical (unpaired) electrons. The standard InChI is InChI=1S/C16H27N3O/c1-12(2)15-9-14(11-20)10-16(17-15)19-7-5-18(6-8-19)13(3)4/h9-10,12-13,20H,5-8,11H2,1-4H3. The molecule has 1 fully saturated rings. The van der Waals surface area contributed by atoms with Gasteiger partial charge in [-0.15, -0.1) is 0 Å². The summed E-state index contributed by atoms with van der Waals surface area (Å²) in [7, 11) is 0. The van der Waals surface area contributed by atoms with E-state index < -0.39 is 0 Å². The van der Waals surface area contributed by atoms with Crippen LogP contribution in [0.25, 0.3) is 0 Å². The lowest BCUT2D eigenvalue weighted by Crippen LogP contribution is -2.49. The van der Waals surface area contributed by atoms with E-state index >= 15 is 0 Å². The van der Waals surface area contributed by atoms with Gasteiger partial charge in [-0.25, -0.2) is 4.98 Å². The van der Waals surface area contributed by atoms with Crippen molar-refractivity contribution in [2.75, 3.05) is 31.1 Å². The van der Waals surface area contributed by atoms with Gasteiger partial charge in [0.15, 0.2) is 0 Å². The molecule has 1 saturated heterocycles. The van der Waals surface area contributed by atoms with Gasteiger partial charge >= 0.3 is 0 Å². The summed E-state index contributed by atoms with van der Waals surface area (Å²) in [4.78, 5) is 9.60. The third kappa shape index (κ3) is 3.49. The maximum Gasteiger partial charge on any atom is 0.129 e. The minimum absolute atomic E-state index is 0.0845. The zero-order valence-electron chi connectivity index (χ0n) is 13.1. The van der Waals surface area contributed by atoms with Gasteiger partial charge in [0.05, 0.1) is 6.61 Å². The number of piperazine rings is 1. The first-order chi connectivity index (χ1) is 9.51. The van der Waals surface area contributed by atoms with E-state index in [0.29, 0.717) is 12.0 Å². The van der Waals surface area contributed by atoms with E-state index in [1.54, 1.807) is 0 Å². The van der Waals surface area contributed by atoms with Crippen molar-refractivity contribution in [3.63, 3.8) is 0 Å². The Balaban J connectivity index is 2.15. The van der Waals surface area contributed by atoms with Crippen molar-refractivity contribution < 1.29 is 5.11 Å². The number of aromatic nitrogens is 1. The van der Waals surface area contributed by atoms with Crippen LogP contribution < -0.4 is 4.90 Å². The number of pyridine rings is 1. The lowest BCUT2D eigenvalue weighted by Gasteiger charge is -2.37. The summed E-state index contributed by atoms with van der Waals surface area (Å²) >= 11 is 0. The molecule has 0 bridgehead atoms. The number of hydrogen-bond acceptors (Lipinski definition) is 4. The minimum Gasteiger partial charge on any atom is -0.392 e. The van der Waals surface area contributed by atoms with Crippen LogP contribution in [0.4, 0.5) is 5.82 Å². The van der Waals surface area contributed by atoms with Crippen LogP contribution in [-0.2, 0) is 6.61 Å². The highest BCUT2D eigenvalue weighted by atomic mass is 16.3. The highest BCUT2D eigenvalue weighted by Gasteiger charge is 2.20. The highest BCUT2D eigenvalue weighted by molar-refractivity contribution is 5.43. The second-order valence-corrected chi connectivity index (χ2v) is 6.19. The normalized spacial score (nSPS) is 17.2. The molecule has 1 aliphatic heterocycles. The number of anilines is 1. The molecule has 20 heavy (non-hydrogen) atoms. The van der Waals surface area contributed by atoms with Gasteiger partial charge in [-0.2, -0.15) is 0 Å². The lowest BCUT2D eigenvalue weighted by atomic mass is 10.1. The van der Waals surface area contributed by atoms with Crippen LogP contribution in [0.3, 0.4) is 0 Å². The van der Waals surface area contributed by atoms with Crippen molar-refractivity contribution in [2.45, 2.75) is 46.3 Å². The summed E-state index contributed by atoms with van der Waals surface area (Å²) in [6, 6.07) is 4.65.